The number of nitrogens with one attached hydrogen (secondary N) is 1. The predicted octanol–water partition coefficient (Wildman–Crippen LogP) is 3.96. The van der Waals surface area contributed by atoms with Crippen molar-refractivity contribution in [1.29, 1.82) is 0 Å². The Balaban J connectivity index is 1.85. The molecule has 0 aromatic heterocycles. The van der Waals surface area contributed by atoms with E-state index >= 15 is 0 Å². The van der Waals surface area contributed by atoms with E-state index < -0.39 is 0 Å². The minimum atomic E-state index is -0.140. The Morgan fingerprint density at radius 1 is 1.47 bits per heavy atom. The van der Waals surface area contributed by atoms with Gasteiger partial charge in [-0.15, -0.1) is 0 Å². The first-order chi connectivity index (χ1) is 8.15. The van der Waals surface area contributed by atoms with E-state index in [0.717, 1.165) is 16.6 Å². The van der Waals surface area contributed by atoms with Gasteiger partial charge in [-0.25, -0.2) is 4.39 Å². The maximum atomic E-state index is 13.6. The largest absolute Gasteiger partial charge is 0.311 e. The van der Waals surface area contributed by atoms with E-state index in [2.05, 4.69) is 27.5 Å². The van der Waals surface area contributed by atoms with E-state index in [0.29, 0.717) is 11.3 Å². The number of rotatable bonds is 5. The molecule has 1 aromatic rings. The fourth-order valence-corrected chi connectivity index (χ4v) is 3.39. The second-order valence-corrected chi connectivity index (χ2v) is 6.77. The third-order valence-corrected chi connectivity index (χ3v) is 5.39. The van der Waals surface area contributed by atoms with Crippen LogP contribution in [-0.2, 0) is 6.54 Å². The topological polar surface area (TPSA) is 12.0 Å². The molecule has 1 aromatic carbocycles. The first-order valence-corrected chi connectivity index (χ1v) is 7.87. The van der Waals surface area contributed by atoms with Gasteiger partial charge in [-0.1, -0.05) is 28.4 Å². The van der Waals surface area contributed by atoms with Gasteiger partial charge in [0.25, 0.3) is 0 Å². The summed E-state index contributed by atoms with van der Waals surface area (Å²) in [4.78, 5) is 0. The highest BCUT2D eigenvalue weighted by Crippen LogP contribution is 2.42. The summed E-state index contributed by atoms with van der Waals surface area (Å²) in [6.45, 7) is 1.59. The average Bonchev–Trinajstić information content (AvgIpc) is 2.25. The molecule has 4 heteroatoms. The zero-order valence-corrected chi connectivity index (χ0v) is 12.3. The molecule has 2 rings (SSSR count). The molecule has 0 aliphatic heterocycles. The molecule has 0 spiro atoms. The highest BCUT2D eigenvalue weighted by molar-refractivity contribution is 9.10. The number of thioether (sulfide) groups is 1. The van der Waals surface area contributed by atoms with Crippen molar-refractivity contribution in [3.8, 4) is 0 Å². The van der Waals surface area contributed by atoms with Gasteiger partial charge < -0.3 is 5.32 Å². The number of hydrogen-bond donors (Lipinski definition) is 1. The summed E-state index contributed by atoms with van der Waals surface area (Å²) in [5.41, 5.74) is 0.740. The third-order valence-electron chi connectivity index (χ3n) is 3.48. The second kappa shape index (κ2) is 5.72. The fourth-order valence-electron chi connectivity index (χ4n) is 2.11. The molecule has 17 heavy (non-hydrogen) atoms. The Hall–Kier alpha value is -0.0600. The van der Waals surface area contributed by atoms with E-state index in [1.165, 1.54) is 25.3 Å². The molecule has 94 valence electrons. The van der Waals surface area contributed by atoms with Gasteiger partial charge in [0.05, 0.1) is 0 Å². The minimum absolute atomic E-state index is 0.140. The van der Waals surface area contributed by atoms with Gasteiger partial charge in [-0.2, -0.15) is 11.8 Å². The van der Waals surface area contributed by atoms with E-state index in [1.54, 1.807) is 0 Å². The van der Waals surface area contributed by atoms with Crippen LogP contribution < -0.4 is 5.32 Å². The minimum Gasteiger partial charge on any atom is -0.311 e. The van der Waals surface area contributed by atoms with Gasteiger partial charge in [0.2, 0.25) is 0 Å². The summed E-state index contributed by atoms with van der Waals surface area (Å²) in [6.07, 6.45) is 6.06. The molecule has 0 bridgehead atoms. The Kier molecular flexibility index (Phi) is 4.50. The van der Waals surface area contributed by atoms with Crippen molar-refractivity contribution in [1.82, 2.24) is 5.32 Å². The van der Waals surface area contributed by atoms with Crippen molar-refractivity contribution >= 4 is 27.7 Å². The summed E-state index contributed by atoms with van der Waals surface area (Å²) >= 11 is 5.20. The lowest BCUT2D eigenvalue weighted by Crippen LogP contribution is -2.43. The molecular formula is C13H17BrFNS. The maximum Gasteiger partial charge on any atom is 0.128 e. The quantitative estimate of drug-likeness (QED) is 0.882. The molecule has 1 saturated carbocycles. The Labute approximate surface area is 115 Å². The normalized spacial score (nSPS) is 17.8. The zero-order valence-electron chi connectivity index (χ0n) is 9.93. The lowest BCUT2D eigenvalue weighted by molar-refractivity contribution is 0.344. The van der Waals surface area contributed by atoms with Crippen LogP contribution in [0.4, 0.5) is 4.39 Å². The van der Waals surface area contributed by atoms with Crippen LogP contribution in [0.25, 0.3) is 0 Å². The summed E-state index contributed by atoms with van der Waals surface area (Å²) < 4.78 is 14.8. The van der Waals surface area contributed by atoms with Crippen molar-refractivity contribution in [2.45, 2.75) is 30.6 Å². The summed E-state index contributed by atoms with van der Waals surface area (Å²) in [5, 5.41) is 3.38. The van der Waals surface area contributed by atoms with Gasteiger partial charge in [-0.05, 0) is 31.2 Å². The number of benzene rings is 1. The second-order valence-electron chi connectivity index (χ2n) is 4.58. The Morgan fingerprint density at radius 3 is 2.76 bits per heavy atom. The molecule has 0 radical (unpaired) electrons. The smallest absolute Gasteiger partial charge is 0.128 e. The summed E-state index contributed by atoms with van der Waals surface area (Å²) in [5.74, 6) is -0.140. The molecule has 1 aliphatic rings. The molecule has 0 heterocycles. The molecule has 0 atom stereocenters. The van der Waals surface area contributed by atoms with E-state index in [1.807, 2.05) is 23.9 Å². The van der Waals surface area contributed by atoms with Crippen molar-refractivity contribution in [2.75, 3.05) is 12.8 Å². The first-order valence-electron chi connectivity index (χ1n) is 5.85. The van der Waals surface area contributed by atoms with Crippen LogP contribution in [0.5, 0.6) is 0 Å². The number of halogens is 2. The van der Waals surface area contributed by atoms with E-state index in [4.69, 9.17) is 0 Å². The third kappa shape index (κ3) is 3.24. The highest BCUT2D eigenvalue weighted by Gasteiger charge is 2.35. The zero-order chi connectivity index (χ0) is 12.3. The lowest BCUT2D eigenvalue weighted by atomic mass is 9.84. The SMILES string of the molecule is CSC1(CNCc2ccc(Br)cc2F)CCC1. The molecular weight excluding hydrogens is 301 g/mol. The monoisotopic (exact) mass is 317 g/mol. The molecule has 1 aliphatic carbocycles. The molecule has 0 amide bonds. The predicted molar refractivity (Wildman–Crippen MR) is 75.9 cm³/mol. The van der Waals surface area contributed by atoms with Crippen molar-refractivity contribution in [3.63, 3.8) is 0 Å². The first kappa shape index (κ1) is 13.4. The number of hydrogen-bond acceptors (Lipinski definition) is 2. The fraction of sp³-hybridized carbons (Fsp3) is 0.538. The Bertz CT molecular complexity index is 387. The van der Waals surface area contributed by atoms with Crippen LogP contribution >= 0.6 is 27.7 Å². The van der Waals surface area contributed by atoms with E-state index in [9.17, 15) is 4.39 Å². The van der Waals surface area contributed by atoms with Gasteiger partial charge >= 0.3 is 0 Å². The standard InChI is InChI=1S/C13H17BrFNS/c1-17-13(5-2-6-13)9-16-8-10-3-4-11(14)7-12(10)15/h3-4,7,16H,2,5-6,8-9H2,1H3. The van der Waals surface area contributed by atoms with Gasteiger partial charge in [0, 0.05) is 27.9 Å². The van der Waals surface area contributed by atoms with Crippen LogP contribution in [0.2, 0.25) is 0 Å². The van der Waals surface area contributed by atoms with Crippen LogP contribution in [-0.4, -0.2) is 17.5 Å². The van der Waals surface area contributed by atoms with Crippen molar-refractivity contribution < 1.29 is 4.39 Å². The average molecular weight is 318 g/mol. The molecule has 1 fully saturated rings. The van der Waals surface area contributed by atoms with Crippen LogP contribution in [0.3, 0.4) is 0 Å². The van der Waals surface area contributed by atoms with Gasteiger partial charge in [0.15, 0.2) is 0 Å². The van der Waals surface area contributed by atoms with E-state index in [-0.39, 0.29) is 5.82 Å². The molecule has 1 nitrogen and oxygen atoms in total. The Morgan fingerprint density at radius 2 is 2.24 bits per heavy atom. The summed E-state index contributed by atoms with van der Waals surface area (Å²) in [7, 11) is 0. The highest BCUT2D eigenvalue weighted by atomic mass is 79.9. The van der Waals surface area contributed by atoms with Crippen LogP contribution in [0, 0.1) is 5.82 Å². The van der Waals surface area contributed by atoms with Gasteiger partial charge in [0.1, 0.15) is 5.82 Å². The van der Waals surface area contributed by atoms with Crippen molar-refractivity contribution in [3.05, 3.63) is 34.1 Å². The van der Waals surface area contributed by atoms with Crippen molar-refractivity contribution in [2.24, 2.45) is 0 Å². The molecule has 0 unspecified atom stereocenters. The molecule has 1 N–H and O–H groups in total. The van der Waals surface area contributed by atoms with Gasteiger partial charge in [-0.3, -0.25) is 0 Å². The lowest BCUT2D eigenvalue weighted by Gasteiger charge is -2.40. The summed E-state index contributed by atoms with van der Waals surface area (Å²) in [6, 6.07) is 5.23. The van der Waals surface area contributed by atoms with Crippen LogP contribution in [0.15, 0.2) is 22.7 Å². The van der Waals surface area contributed by atoms with Crippen LogP contribution in [0.1, 0.15) is 24.8 Å². The molecule has 0 saturated heterocycles. The maximum absolute atomic E-state index is 13.6.